The van der Waals surface area contributed by atoms with Crippen LogP contribution in [0.1, 0.15) is 13.8 Å². The smallest absolute Gasteiger partial charge is 0.0692 e. The summed E-state index contributed by atoms with van der Waals surface area (Å²) in [6.45, 7) is 3.60. The average molecular weight is 86.1 g/mol. The van der Waals surface area contributed by atoms with Gasteiger partial charge in [-0.15, -0.1) is 0 Å². The Morgan fingerprint density at radius 2 is 2.17 bits per heavy atom. The third-order valence-corrected chi connectivity index (χ3v) is 0.471. The molecule has 0 bridgehead atoms. The van der Waals surface area contributed by atoms with Crippen molar-refractivity contribution in [2.75, 3.05) is 0 Å². The summed E-state index contributed by atoms with van der Waals surface area (Å²) in [4.78, 5) is 0. The lowest BCUT2D eigenvalue weighted by Gasteiger charge is -1.87. The molecule has 0 unspecified atom stereocenters. The Morgan fingerprint density at radius 3 is 2.17 bits per heavy atom. The summed E-state index contributed by atoms with van der Waals surface area (Å²) >= 11 is 0. The lowest BCUT2D eigenvalue weighted by Crippen LogP contribution is -1.89. The minimum absolute atomic E-state index is 0.282. The van der Waals surface area contributed by atoms with E-state index in [4.69, 9.17) is 5.11 Å². The van der Waals surface area contributed by atoms with Crippen molar-refractivity contribution in [1.29, 1.82) is 0 Å². The Hall–Kier alpha value is -0.300. The van der Waals surface area contributed by atoms with E-state index in [1.807, 2.05) is 13.0 Å². The lowest BCUT2D eigenvalue weighted by atomic mass is 10.4. The average Bonchev–Trinajstić information content (AvgIpc) is 1.35. The van der Waals surface area contributed by atoms with Crippen LogP contribution in [0, 0.1) is 0 Å². The molecule has 0 aliphatic rings. The molecule has 36 valence electrons. The molecular weight excluding hydrogens is 76.1 g/mol. The zero-order valence-electron chi connectivity index (χ0n) is 4.18. The van der Waals surface area contributed by atoms with Crippen molar-refractivity contribution < 1.29 is 5.11 Å². The second kappa shape index (κ2) is 2.91. The van der Waals surface area contributed by atoms with Gasteiger partial charge in [0.25, 0.3) is 0 Å². The molecule has 0 rings (SSSR count). The van der Waals surface area contributed by atoms with Crippen LogP contribution in [0.15, 0.2) is 12.2 Å². The van der Waals surface area contributed by atoms with E-state index in [-0.39, 0.29) is 6.10 Å². The third-order valence-electron chi connectivity index (χ3n) is 0.471. The Labute approximate surface area is 38.3 Å². The van der Waals surface area contributed by atoms with Gasteiger partial charge in [-0.3, -0.25) is 0 Å². The minimum atomic E-state index is -0.282. The summed E-state index contributed by atoms with van der Waals surface area (Å²) in [7, 11) is 0. The number of aliphatic hydroxyl groups is 1. The van der Waals surface area contributed by atoms with Crippen molar-refractivity contribution >= 4 is 0 Å². The first kappa shape index (κ1) is 5.70. The Kier molecular flexibility index (Phi) is 2.77. The number of hydrogen-bond donors (Lipinski definition) is 1. The molecule has 0 fully saturated rings. The highest BCUT2D eigenvalue weighted by molar-refractivity contribution is 4.81. The van der Waals surface area contributed by atoms with E-state index in [0.717, 1.165) is 0 Å². The summed E-state index contributed by atoms with van der Waals surface area (Å²) in [5.74, 6) is 0. The first-order valence-electron chi connectivity index (χ1n) is 2.08. The Balaban J connectivity index is 3.03. The van der Waals surface area contributed by atoms with Gasteiger partial charge < -0.3 is 5.11 Å². The van der Waals surface area contributed by atoms with Crippen molar-refractivity contribution in [3.8, 4) is 0 Å². The number of aliphatic hydroxyl groups excluding tert-OH is 1. The summed E-state index contributed by atoms with van der Waals surface area (Å²) < 4.78 is 0. The van der Waals surface area contributed by atoms with E-state index in [2.05, 4.69) is 0 Å². The van der Waals surface area contributed by atoms with Crippen LogP contribution in [0.4, 0.5) is 0 Å². The highest BCUT2D eigenvalue weighted by Crippen LogP contribution is 1.78. The quantitative estimate of drug-likeness (QED) is 0.471. The molecule has 0 aromatic rings. The van der Waals surface area contributed by atoms with Gasteiger partial charge in [0, 0.05) is 0 Å². The van der Waals surface area contributed by atoms with Crippen molar-refractivity contribution in [2.24, 2.45) is 0 Å². The molecule has 1 nitrogen and oxygen atoms in total. The maximum absolute atomic E-state index is 8.47. The van der Waals surface area contributed by atoms with Crippen molar-refractivity contribution in [3.05, 3.63) is 12.2 Å². The van der Waals surface area contributed by atoms with Crippen LogP contribution in [0.3, 0.4) is 0 Å². The van der Waals surface area contributed by atoms with Crippen molar-refractivity contribution in [1.82, 2.24) is 0 Å². The lowest BCUT2D eigenvalue weighted by molar-refractivity contribution is 0.244. The molecule has 1 heteroatoms. The summed E-state index contributed by atoms with van der Waals surface area (Å²) in [6, 6.07) is 0. The highest BCUT2D eigenvalue weighted by Gasteiger charge is 1.78. The molecule has 1 atom stereocenters. The standard InChI is InChI=1S/C5H10O/c1-3-4-5(2)6/h3-6H,1-2H3/b4-3-/t5-/m0/s1. The van der Waals surface area contributed by atoms with Gasteiger partial charge in [-0.1, -0.05) is 12.2 Å². The van der Waals surface area contributed by atoms with Crippen LogP contribution in [-0.2, 0) is 0 Å². The van der Waals surface area contributed by atoms with Gasteiger partial charge in [-0.2, -0.15) is 0 Å². The van der Waals surface area contributed by atoms with Crippen LogP contribution in [0.5, 0.6) is 0 Å². The molecule has 0 radical (unpaired) electrons. The van der Waals surface area contributed by atoms with Gasteiger partial charge in [0.15, 0.2) is 0 Å². The first-order valence-corrected chi connectivity index (χ1v) is 2.08. The molecule has 0 saturated carbocycles. The van der Waals surface area contributed by atoms with Crippen LogP contribution in [-0.4, -0.2) is 11.2 Å². The minimum Gasteiger partial charge on any atom is -0.389 e. The molecule has 0 aromatic heterocycles. The maximum atomic E-state index is 8.47. The van der Waals surface area contributed by atoms with Crippen molar-refractivity contribution in [3.63, 3.8) is 0 Å². The van der Waals surface area contributed by atoms with Crippen LogP contribution in [0.25, 0.3) is 0 Å². The molecule has 0 heterocycles. The summed E-state index contributed by atoms with van der Waals surface area (Å²) in [6.07, 6.45) is 3.26. The van der Waals surface area contributed by atoms with Gasteiger partial charge in [0.05, 0.1) is 6.10 Å². The summed E-state index contributed by atoms with van der Waals surface area (Å²) in [5.41, 5.74) is 0. The van der Waals surface area contributed by atoms with Crippen LogP contribution in [0.2, 0.25) is 0 Å². The Bertz CT molecular complexity index is 45.9. The molecule has 6 heavy (non-hydrogen) atoms. The SMILES string of the molecule is C/C=C\[C@H](C)O. The predicted octanol–water partition coefficient (Wildman–Crippen LogP) is 0.943. The second-order valence-corrected chi connectivity index (χ2v) is 1.27. The topological polar surface area (TPSA) is 20.2 Å². The second-order valence-electron chi connectivity index (χ2n) is 1.27. The van der Waals surface area contributed by atoms with E-state index in [0.29, 0.717) is 0 Å². The normalized spacial score (nSPS) is 15.8. The fourth-order valence-corrected chi connectivity index (χ4v) is 0.279. The van der Waals surface area contributed by atoms with E-state index in [9.17, 15) is 0 Å². The largest absolute Gasteiger partial charge is 0.389 e. The first-order chi connectivity index (χ1) is 2.77. The molecule has 1 N–H and O–H groups in total. The zero-order chi connectivity index (χ0) is 4.99. The van der Waals surface area contributed by atoms with Gasteiger partial charge in [0.2, 0.25) is 0 Å². The van der Waals surface area contributed by atoms with E-state index < -0.39 is 0 Å². The molecule has 0 aromatic carbocycles. The number of hydrogen-bond acceptors (Lipinski definition) is 1. The molecular formula is C5H10O. The van der Waals surface area contributed by atoms with Gasteiger partial charge >= 0.3 is 0 Å². The van der Waals surface area contributed by atoms with Crippen LogP contribution < -0.4 is 0 Å². The van der Waals surface area contributed by atoms with E-state index in [1.54, 1.807) is 13.0 Å². The monoisotopic (exact) mass is 86.1 g/mol. The van der Waals surface area contributed by atoms with E-state index >= 15 is 0 Å². The van der Waals surface area contributed by atoms with Crippen molar-refractivity contribution in [2.45, 2.75) is 20.0 Å². The molecule has 0 aliphatic heterocycles. The maximum Gasteiger partial charge on any atom is 0.0692 e. The van der Waals surface area contributed by atoms with E-state index in [1.165, 1.54) is 0 Å². The fourth-order valence-electron chi connectivity index (χ4n) is 0.279. The molecule has 0 saturated heterocycles. The zero-order valence-corrected chi connectivity index (χ0v) is 4.18. The molecule has 0 spiro atoms. The van der Waals surface area contributed by atoms with Gasteiger partial charge in [0.1, 0.15) is 0 Å². The Morgan fingerprint density at radius 1 is 1.67 bits per heavy atom. The fraction of sp³-hybridized carbons (Fsp3) is 0.600. The van der Waals surface area contributed by atoms with Gasteiger partial charge in [-0.05, 0) is 13.8 Å². The predicted molar refractivity (Wildman–Crippen MR) is 26.5 cm³/mol. The third kappa shape index (κ3) is 3.70. The molecule has 0 amide bonds. The number of allylic oxidation sites excluding steroid dienone is 1. The number of rotatable bonds is 1. The van der Waals surface area contributed by atoms with Crippen LogP contribution >= 0.6 is 0 Å². The summed E-state index contributed by atoms with van der Waals surface area (Å²) in [5, 5.41) is 8.47. The van der Waals surface area contributed by atoms with Gasteiger partial charge in [-0.25, -0.2) is 0 Å². The highest BCUT2D eigenvalue weighted by atomic mass is 16.3. The molecule has 0 aliphatic carbocycles.